The fourth-order valence-electron chi connectivity index (χ4n) is 4.47. The van der Waals surface area contributed by atoms with Crippen molar-refractivity contribution in [3.63, 3.8) is 0 Å². The molecule has 21 heavy (non-hydrogen) atoms. The average Bonchev–Trinajstić information content (AvgIpc) is 2.73. The van der Waals surface area contributed by atoms with Crippen LogP contribution >= 0.6 is 0 Å². The number of nitrogens with zero attached hydrogens (tertiary/aromatic N) is 2. The Bertz CT molecular complexity index is 284. The van der Waals surface area contributed by atoms with Crippen molar-refractivity contribution in [3.05, 3.63) is 0 Å². The number of hydrogen-bond donors (Lipinski definition) is 1. The molecule has 0 aromatic carbocycles. The van der Waals surface area contributed by atoms with E-state index < -0.39 is 0 Å². The third-order valence-corrected chi connectivity index (χ3v) is 5.71. The van der Waals surface area contributed by atoms with Gasteiger partial charge in [-0.2, -0.15) is 0 Å². The lowest BCUT2D eigenvalue weighted by molar-refractivity contribution is 0.125. The van der Waals surface area contributed by atoms with E-state index >= 15 is 0 Å². The van der Waals surface area contributed by atoms with Crippen LogP contribution in [0, 0.1) is 5.41 Å². The van der Waals surface area contributed by atoms with Gasteiger partial charge in [0.15, 0.2) is 0 Å². The Morgan fingerprint density at radius 3 is 2.43 bits per heavy atom. The second kappa shape index (κ2) is 8.50. The predicted molar refractivity (Wildman–Crippen MR) is 91.8 cm³/mol. The van der Waals surface area contributed by atoms with Crippen LogP contribution in [0.15, 0.2) is 0 Å². The highest BCUT2D eigenvalue weighted by Crippen LogP contribution is 2.35. The summed E-state index contributed by atoms with van der Waals surface area (Å²) >= 11 is 0. The lowest BCUT2D eigenvalue weighted by Gasteiger charge is -2.38. The Kier molecular flexibility index (Phi) is 6.97. The van der Waals surface area contributed by atoms with Crippen LogP contribution in [0.2, 0.25) is 0 Å². The van der Waals surface area contributed by atoms with Crippen molar-refractivity contribution < 1.29 is 0 Å². The third kappa shape index (κ3) is 5.22. The molecule has 124 valence electrons. The molecule has 0 bridgehead atoms. The molecular formula is C18H37N3. The van der Waals surface area contributed by atoms with Crippen molar-refractivity contribution in [1.82, 2.24) is 15.1 Å². The zero-order chi connectivity index (χ0) is 15.1. The van der Waals surface area contributed by atoms with Crippen LogP contribution in [-0.4, -0.2) is 62.7 Å². The summed E-state index contributed by atoms with van der Waals surface area (Å²) < 4.78 is 0. The van der Waals surface area contributed by atoms with E-state index in [1.165, 1.54) is 77.5 Å². The summed E-state index contributed by atoms with van der Waals surface area (Å²) in [7, 11) is 4.65. The highest BCUT2D eigenvalue weighted by molar-refractivity contribution is 4.88. The van der Waals surface area contributed by atoms with Gasteiger partial charge in [-0.3, -0.25) is 0 Å². The third-order valence-electron chi connectivity index (χ3n) is 5.71. The summed E-state index contributed by atoms with van der Waals surface area (Å²) in [5, 5.41) is 3.66. The normalized spacial score (nSPS) is 27.1. The van der Waals surface area contributed by atoms with Crippen LogP contribution < -0.4 is 5.32 Å². The molecular weight excluding hydrogens is 258 g/mol. The first-order chi connectivity index (χ1) is 10.2. The van der Waals surface area contributed by atoms with Crippen LogP contribution in [0.25, 0.3) is 0 Å². The molecule has 1 N–H and O–H groups in total. The molecule has 0 aromatic rings. The summed E-state index contributed by atoms with van der Waals surface area (Å²) in [4.78, 5) is 5.19. The molecule has 1 saturated carbocycles. The van der Waals surface area contributed by atoms with Gasteiger partial charge in [-0.25, -0.2) is 0 Å². The monoisotopic (exact) mass is 295 g/mol. The largest absolute Gasteiger partial charge is 0.316 e. The minimum absolute atomic E-state index is 0.526. The molecule has 2 rings (SSSR count). The molecule has 0 spiro atoms. The Morgan fingerprint density at radius 2 is 1.86 bits per heavy atom. The van der Waals surface area contributed by atoms with E-state index in [1.54, 1.807) is 0 Å². The zero-order valence-electron chi connectivity index (χ0n) is 14.7. The fraction of sp³-hybridized carbons (Fsp3) is 1.00. The van der Waals surface area contributed by atoms with E-state index in [4.69, 9.17) is 0 Å². The summed E-state index contributed by atoms with van der Waals surface area (Å²) in [5.74, 6) is 0. The van der Waals surface area contributed by atoms with Crippen molar-refractivity contribution in [2.45, 2.75) is 64.3 Å². The maximum atomic E-state index is 3.66. The summed E-state index contributed by atoms with van der Waals surface area (Å²) in [6.07, 6.45) is 11.4. The van der Waals surface area contributed by atoms with Crippen molar-refractivity contribution in [2.75, 3.05) is 46.8 Å². The molecule has 2 fully saturated rings. The van der Waals surface area contributed by atoms with E-state index in [2.05, 4.69) is 36.1 Å². The first kappa shape index (κ1) is 17.2. The van der Waals surface area contributed by atoms with Gasteiger partial charge in [-0.15, -0.1) is 0 Å². The lowest BCUT2D eigenvalue weighted by atomic mass is 9.79. The Hall–Kier alpha value is -0.120. The Labute approximate surface area is 132 Å². The van der Waals surface area contributed by atoms with Crippen molar-refractivity contribution in [2.24, 2.45) is 5.41 Å². The highest BCUT2D eigenvalue weighted by atomic mass is 15.2. The molecule has 1 unspecified atom stereocenters. The Morgan fingerprint density at radius 1 is 1.14 bits per heavy atom. The lowest BCUT2D eigenvalue weighted by Crippen LogP contribution is -2.46. The van der Waals surface area contributed by atoms with Crippen LogP contribution in [0.4, 0.5) is 0 Å². The maximum Gasteiger partial charge on any atom is 0.0220 e. The van der Waals surface area contributed by atoms with Crippen LogP contribution in [-0.2, 0) is 0 Å². The number of likely N-dealkylation sites (N-methyl/N-ethyl adjacent to an activating group) is 2. The van der Waals surface area contributed by atoms with Gasteiger partial charge < -0.3 is 15.1 Å². The van der Waals surface area contributed by atoms with E-state index in [1.807, 2.05) is 0 Å². The zero-order valence-corrected chi connectivity index (χ0v) is 14.7. The second-order valence-electron chi connectivity index (χ2n) is 7.67. The molecule has 1 saturated heterocycles. The van der Waals surface area contributed by atoms with Gasteiger partial charge in [0.25, 0.3) is 0 Å². The minimum atomic E-state index is 0.526. The van der Waals surface area contributed by atoms with Gasteiger partial charge in [-0.1, -0.05) is 32.6 Å². The van der Waals surface area contributed by atoms with Crippen molar-refractivity contribution in [3.8, 4) is 0 Å². The smallest absolute Gasteiger partial charge is 0.0220 e. The molecule has 0 aromatic heterocycles. The average molecular weight is 296 g/mol. The molecule has 0 amide bonds. The topological polar surface area (TPSA) is 18.5 Å². The molecule has 1 aliphatic heterocycles. The van der Waals surface area contributed by atoms with Gasteiger partial charge in [0.1, 0.15) is 0 Å². The molecule has 1 heterocycles. The van der Waals surface area contributed by atoms with Gasteiger partial charge in [0, 0.05) is 25.7 Å². The van der Waals surface area contributed by atoms with Gasteiger partial charge >= 0.3 is 0 Å². The van der Waals surface area contributed by atoms with Gasteiger partial charge in [0.05, 0.1) is 0 Å². The van der Waals surface area contributed by atoms with Crippen LogP contribution in [0.1, 0.15) is 58.3 Å². The van der Waals surface area contributed by atoms with E-state index in [-0.39, 0.29) is 0 Å². The number of nitrogens with one attached hydrogen (secondary N) is 1. The minimum Gasteiger partial charge on any atom is -0.316 e. The van der Waals surface area contributed by atoms with Crippen LogP contribution in [0.5, 0.6) is 0 Å². The van der Waals surface area contributed by atoms with Gasteiger partial charge in [0.2, 0.25) is 0 Å². The summed E-state index contributed by atoms with van der Waals surface area (Å²) in [5.41, 5.74) is 0.526. The van der Waals surface area contributed by atoms with Crippen molar-refractivity contribution in [1.29, 1.82) is 0 Å². The first-order valence-corrected chi connectivity index (χ1v) is 9.25. The molecule has 1 atom stereocenters. The quantitative estimate of drug-likeness (QED) is 0.729. The number of likely N-dealkylation sites (tertiary alicyclic amines) is 1. The summed E-state index contributed by atoms with van der Waals surface area (Å²) in [6, 6.07) is 0.789. The SMILES string of the molecule is CCNCC1(CN(C)CC2CCCN2C)CCCCCC1. The molecule has 3 nitrogen and oxygen atoms in total. The van der Waals surface area contributed by atoms with E-state index in [0.29, 0.717) is 5.41 Å². The summed E-state index contributed by atoms with van der Waals surface area (Å²) in [6.45, 7) is 8.39. The van der Waals surface area contributed by atoms with Crippen LogP contribution in [0.3, 0.4) is 0 Å². The fourth-order valence-corrected chi connectivity index (χ4v) is 4.47. The van der Waals surface area contributed by atoms with Gasteiger partial charge in [-0.05, 0) is 58.3 Å². The molecule has 0 radical (unpaired) electrons. The number of rotatable bonds is 7. The van der Waals surface area contributed by atoms with E-state index in [0.717, 1.165) is 12.6 Å². The van der Waals surface area contributed by atoms with E-state index in [9.17, 15) is 0 Å². The number of hydrogen-bond acceptors (Lipinski definition) is 3. The standard InChI is InChI=1S/C18H37N3/c1-4-19-15-18(11-7-5-6-8-12-18)16-20(2)14-17-10-9-13-21(17)3/h17,19H,4-16H2,1-3H3. The first-order valence-electron chi connectivity index (χ1n) is 9.25. The molecule has 1 aliphatic carbocycles. The predicted octanol–water partition coefficient (Wildman–Crippen LogP) is 2.96. The maximum absolute atomic E-state index is 3.66. The van der Waals surface area contributed by atoms with Crippen molar-refractivity contribution >= 4 is 0 Å². The highest BCUT2D eigenvalue weighted by Gasteiger charge is 2.33. The Balaban J connectivity index is 1.89. The molecule has 2 aliphatic rings. The second-order valence-corrected chi connectivity index (χ2v) is 7.67. The molecule has 3 heteroatoms.